The maximum atomic E-state index is 12.7. The maximum absolute atomic E-state index is 12.7. The van der Waals surface area contributed by atoms with Crippen molar-refractivity contribution in [2.24, 2.45) is 0 Å². The van der Waals surface area contributed by atoms with Crippen LogP contribution in [0.15, 0.2) is 48.8 Å². The number of amides is 2. The number of anilines is 1. The third-order valence-corrected chi connectivity index (χ3v) is 4.04. The lowest BCUT2D eigenvalue weighted by molar-refractivity contribution is 0.132. The predicted octanol–water partition coefficient (Wildman–Crippen LogP) is 2.40. The molecule has 7 nitrogen and oxygen atoms in total. The first-order chi connectivity index (χ1) is 12.3. The quantitative estimate of drug-likeness (QED) is 0.835. The van der Waals surface area contributed by atoms with Crippen LogP contribution in [0.5, 0.6) is 11.5 Å². The van der Waals surface area contributed by atoms with Gasteiger partial charge in [-0.05, 0) is 24.3 Å². The number of piperazine rings is 1. The minimum Gasteiger partial charge on any atom is -0.495 e. The highest BCUT2D eigenvalue weighted by atomic mass is 35.5. The lowest BCUT2D eigenvalue weighted by Crippen LogP contribution is -2.57. The summed E-state index contributed by atoms with van der Waals surface area (Å²) in [7, 11) is 1.58. The van der Waals surface area contributed by atoms with Crippen LogP contribution in [0.4, 0.5) is 10.5 Å². The van der Waals surface area contributed by atoms with Gasteiger partial charge in [-0.3, -0.25) is 4.98 Å². The van der Waals surface area contributed by atoms with E-state index in [1.165, 1.54) is 0 Å². The van der Waals surface area contributed by atoms with Crippen LogP contribution in [0, 0.1) is 0 Å². The summed E-state index contributed by atoms with van der Waals surface area (Å²) < 4.78 is 11.1. The van der Waals surface area contributed by atoms with E-state index < -0.39 is 0 Å². The number of carbonyl (C=O) groups is 1. The number of hydrogen-bond donors (Lipinski definition) is 2. The number of urea groups is 1. The molecule has 8 heteroatoms. The van der Waals surface area contributed by atoms with Gasteiger partial charge in [0.2, 0.25) is 0 Å². The van der Waals surface area contributed by atoms with Crippen molar-refractivity contribution in [2.45, 2.75) is 6.04 Å². The van der Waals surface area contributed by atoms with E-state index >= 15 is 0 Å². The Morgan fingerprint density at radius 3 is 2.96 bits per heavy atom. The van der Waals surface area contributed by atoms with Gasteiger partial charge in [-0.25, -0.2) is 4.79 Å². The van der Waals surface area contributed by atoms with E-state index in [1.54, 1.807) is 24.4 Å². The summed E-state index contributed by atoms with van der Waals surface area (Å²) in [6.45, 7) is 2.45. The summed E-state index contributed by atoms with van der Waals surface area (Å²) in [5.41, 5.74) is 0.653. The van der Waals surface area contributed by atoms with Crippen LogP contribution in [-0.2, 0) is 0 Å². The van der Waals surface area contributed by atoms with E-state index in [0.717, 1.165) is 6.54 Å². The third kappa shape index (κ3) is 5.00. The van der Waals surface area contributed by atoms with Crippen LogP contribution in [-0.4, -0.2) is 55.3 Å². The molecule has 0 radical (unpaired) electrons. The van der Waals surface area contributed by atoms with E-state index in [1.807, 2.05) is 36.4 Å². The molecular weight excluding hydrogens is 356 g/mol. The molecule has 1 saturated heterocycles. The van der Waals surface area contributed by atoms with Crippen LogP contribution in [0.25, 0.3) is 0 Å². The Bertz CT molecular complexity index is 702. The Balaban J connectivity index is 0.00000243. The van der Waals surface area contributed by atoms with Crippen molar-refractivity contribution < 1.29 is 14.3 Å². The van der Waals surface area contributed by atoms with E-state index in [9.17, 15) is 4.79 Å². The number of aromatic nitrogens is 1. The fourth-order valence-electron chi connectivity index (χ4n) is 2.74. The number of rotatable bonds is 5. The molecule has 140 valence electrons. The molecule has 2 amide bonds. The van der Waals surface area contributed by atoms with Crippen molar-refractivity contribution in [1.29, 1.82) is 0 Å². The molecule has 0 aliphatic carbocycles. The molecule has 0 bridgehead atoms. The molecule has 0 saturated carbocycles. The molecule has 26 heavy (non-hydrogen) atoms. The highest BCUT2D eigenvalue weighted by Gasteiger charge is 2.27. The second-order valence-corrected chi connectivity index (χ2v) is 5.68. The minimum absolute atomic E-state index is 0. The topological polar surface area (TPSA) is 75.7 Å². The number of para-hydroxylation sites is 2. The molecule has 2 aromatic rings. The van der Waals surface area contributed by atoms with Gasteiger partial charge in [0.25, 0.3) is 0 Å². The number of ether oxygens (including phenoxy) is 2. The number of pyridine rings is 1. The van der Waals surface area contributed by atoms with Crippen LogP contribution in [0.2, 0.25) is 0 Å². The number of hydrogen-bond acceptors (Lipinski definition) is 5. The van der Waals surface area contributed by atoms with E-state index in [-0.39, 0.29) is 24.5 Å². The smallest absolute Gasteiger partial charge is 0.322 e. The minimum atomic E-state index is -0.161. The van der Waals surface area contributed by atoms with Crippen LogP contribution in [0.1, 0.15) is 0 Å². The molecule has 3 rings (SSSR count). The number of carbonyl (C=O) groups excluding carboxylic acids is 1. The number of nitrogens with one attached hydrogen (secondary N) is 2. The first kappa shape index (κ1) is 19.8. The van der Waals surface area contributed by atoms with E-state index in [2.05, 4.69) is 15.6 Å². The Kier molecular flexibility index (Phi) is 7.50. The van der Waals surface area contributed by atoms with Crippen molar-refractivity contribution in [3.63, 3.8) is 0 Å². The third-order valence-electron chi connectivity index (χ3n) is 4.04. The molecule has 1 aliphatic heterocycles. The normalized spacial score (nSPS) is 16.3. The summed E-state index contributed by atoms with van der Waals surface area (Å²) in [5, 5.41) is 6.23. The highest BCUT2D eigenvalue weighted by molar-refractivity contribution is 5.91. The molecule has 1 fully saturated rings. The average Bonchev–Trinajstić information content (AvgIpc) is 2.68. The van der Waals surface area contributed by atoms with Gasteiger partial charge in [0.15, 0.2) is 0 Å². The summed E-state index contributed by atoms with van der Waals surface area (Å²) in [5.74, 6) is 1.33. The predicted molar refractivity (Wildman–Crippen MR) is 102 cm³/mol. The summed E-state index contributed by atoms with van der Waals surface area (Å²) in [4.78, 5) is 18.5. The fourth-order valence-corrected chi connectivity index (χ4v) is 2.74. The molecule has 2 heterocycles. The largest absolute Gasteiger partial charge is 0.495 e. The van der Waals surface area contributed by atoms with E-state index in [0.29, 0.717) is 36.9 Å². The summed E-state index contributed by atoms with van der Waals surface area (Å²) in [6, 6.07) is 10.8. The summed E-state index contributed by atoms with van der Waals surface area (Å²) in [6.07, 6.45) is 3.36. The van der Waals surface area contributed by atoms with Crippen LogP contribution in [0.3, 0.4) is 0 Å². The van der Waals surface area contributed by atoms with Crippen molar-refractivity contribution in [1.82, 2.24) is 15.2 Å². The van der Waals surface area contributed by atoms with Crippen molar-refractivity contribution in [3.05, 3.63) is 48.8 Å². The zero-order chi connectivity index (χ0) is 17.5. The molecule has 0 spiro atoms. The van der Waals surface area contributed by atoms with Gasteiger partial charge in [-0.2, -0.15) is 0 Å². The molecule has 1 aliphatic rings. The highest BCUT2D eigenvalue weighted by Crippen LogP contribution is 2.23. The Hall–Kier alpha value is -2.51. The standard InChI is InChI=1S/C18H22N4O3.ClH/c1-24-17-7-3-2-6-16(17)21-18(23)22-10-9-20-11-14(22)13-25-15-5-4-8-19-12-15;/h2-8,12,14,20H,9-11,13H2,1H3,(H,21,23);1H. The Labute approximate surface area is 159 Å². The van der Waals surface area contributed by atoms with Gasteiger partial charge in [-0.1, -0.05) is 12.1 Å². The van der Waals surface area contributed by atoms with E-state index in [4.69, 9.17) is 9.47 Å². The number of benzene rings is 1. The second kappa shape index (κ2) is 9.84. The molecule has 1 unspecified atom stereocenters. The van der Waals surface area contributed by atoms with Gasteiger partial charge in [0.1, 0.15) is 18.1 Å². The van der Waals surface area contributed by atoms with Gasteiger partial charge in [0, 0.05) is 25.8 Å². The first-order valence-electron chi connectivity index (χ1n) is 8.22. The van der Waals surface area contributed by atoms with Crippen molar-refractivity contribution in [2.75, 3.05) is 38.7 Å². The first-order valence-corrected chi connectivity index (χ1v) is 8.22. The average molecular weight is 379 g/mol. The van der Waals surface area contributed by atoms with Gasteiger partial charge in [0.05, 0.1) is 25.0 Å². The van der Waals surface area contributed by atoms with Gasteiger partial charge in [-0.15, -0.1) is 12.4 Å². The monoisotopic (exact) mass is 378 g/mol. The number of halogens is 1. The molecule has 1 aromatic carbocycles. The molecule has 2 N–H and O–H groups in total. The van der Waals surface area contributed by atoms with Crippen molar-refractivity contribution >= 4 is 24.1 Å². The van der Waals surface area contributed by atoms with Crippen LogP contribution < -0.4 is 20.1 Å². The molecule has 1 atom stereocenters. The SMILES string of the molecule is COc1ccccc1NC(=O)N1CCNCC1COc1cccnc1.Cl. The van der Waals surface area contributed by atoms with Crippen molar-refractivity contribution in [3.8, 4) is 11.5 Å². The second-order valence-electron chi connectivity index (χ2n) is 5.68. The Morgan fingerprint density at radius 1 is 1.35 bits per heavy atom. The lowest BCUT2D eigenvalue weighted by atomic mass is 10.2. The lowest BCUT2D eigenvalue weighted by Gasteiger charge is -2.36. The summed E-state index contributed by atoms with van der Waals surface area (Å²) >= 11 is 0. The molecule has 1 aromatic heterocycles. The Morgan fingerprint density at radius 2 is 2.19 bits per heavy atom. The molecular formula is C18H23ClN4O3. The zero-order valence-electron chi connectivity index (χ0n) is 14.6. The van der Waals surface area contributed by atoms with Gasteiger partial charge < -0.3 is 25.0 Å². The zero-order valence-corrected chi connectivity index (χ0v) is 15.4. The fraction of sp³-hybridized carbons (Fsp3) is 0.333. The van der Waals surface area contributed by atoms with Gasteiger partial charge >= 0.3 is 6.03 Å². The maximum Gasteiger partial charge on any atom is 0.322 e. The van der Waals surface area contributed by atoms with Crippen LogP contribution >= 0.6 is 12.4 Å². The number of nitrogens with zero attached hydrogens (tertiary/aromatic N) is 2. The number of methoxy groups -OCH3 is 1.